The molecule has 3 aliphatic carbocycles. The van der Waals surface area contributed by atoms with Gasteiger partial charge in [0.25, 0.3) is 0 Å². The maximum Gasteiger partial charge on any atom is 0.317 e. The molecule has 3 saturated carbocycles. The molecule has 2 amide bonds. The number of ether oxygens (including phenoxy) is 1. The number of hydrogen-bond donors (Lipinski definition) is 1. The molecular formula is C17H30N2O2. The third-order valence-corrected chi connectivity index (χ3v) is 6.12. The summed E-state index contributed by atoms with van der Waals surface area (Å²) < 4.78 is 5.95. The van der Waals surface area contributed by atoms with E-state index >= 15 is 0 Å². The van der Waals surface area contributed by atoms with Crippen molar-refractivity contribution in [2.45, 2.75) is 82.9 Å². The first-order valence-corrected chi connectivity index (χ1v) is 8.82. The number of urea groups is 1. The van der Waals surface area contributed by atoms with Gasteiger partial charge >= 0.3 is 6.03 Å². The van der Waals surface area contributed by atoms with Crippen molar-refractivity contribution in [1.29, 1.82) is 0 Å². The van der Waals surface area contributed by atoms with Gasteiger partial charge in [0, 0.05) is 31.2 Å². The van der Waals surface area contributed by atoms with E-state index in [0.717, 1.165) is 25.9 Å². The maximum atomic E-state index is 12.5. The van der Waals surface area contributed by atoms with Crippen LogP contribution >= 0.6 is 0 Å². The monoisotopic (exact) mass is 294 g/mol. The van der Waals surface area contributed by atoms with E-state index in [-0.39, 0.29) is 11.4 Å². The Balaban J connectivity index is 1.61. The molecular weight excluding hydrogens is 264 g/mol. The first kappa shape index (κ1) is 15.1. The zero-order chi connectivity index (χ0) is 14.9. The van der Waals surface area contributed by atoms with E-state index in [2.05, 4.69) is 12.2 Å². The molecule has 3 rings (SSSR count). The highest BCUT2D eigenvalue weighted by Crippen LogP contribution is 2.56. The quantitative estimate of drug-likeness (QED) is 0.864. The molecule has 4 heteroatoms. The van der Waals surface area contributed by atoms with Gasteiger partial charge in [0.1, 0.15) is 0 Å². The van der Waals surface area contributed by atoms with E-state index in [0.29, 0.717) is 18.2 Å². The van der Waals surface area contributed by atoms with E-state index in [1.54, 1.807) is 0 Å². The second-order valence-electron chi connectivity index (χ2n) is 7.18. The molecule has 0 aromatic rings. The number of carbonyl (C=O) groups is 1. The highest BCUT2D eigenvalue weighted by molar-refractivity contribution is 5.75. The van der Waals surface area contributed by atoms with Crippen LogP contribution in [-0.4, -0.2) is 42.8 Å². The minimum absolute atomic E-state index is 0.133. The number of nitrogens with zero attached hydrogens (tertiary/aromatic N) is 1. The van der Waals surface area contributed by atoms with Gasteiger partial charge in [-0.25, -0.2) is 4.79 Å². The lowest BCUT2D eigenvalue weighted by molar-refractivity contribution is -0.151. The zero-order valence-corrected chi connectivity index (χ0v) is 13.6. The first-order valence-electron chi connectivity index (χ1n) is 8.82. The Morgan fingerprint density at radius 1 is 1.24 bits per heavy atom. The van der Waals surface area contributed by atoms with Crippen molar-refractivity contribution in [3.8, 4) is 0 Å². The molecule has 120 valence electrons. The second-order valence-corrected chi connectivity index (χ2v) is 7.18. The van der Waals surface area contributed by atoms with Crippen LogP contribution in [0, 0.1) is 5.41 Å². The van der Waals surface area contributed by atoms with Gasteiger partial charge in [-0.2, -0.15) is 0 Å². The molecule has 0 aliphatic heterocycles. The van der Waals surface area contributed by atoms with Crippen molar-refractivity contribution in [1.82, 2.24) is 10.2 Å². The van der Waals surface area contributed by atoms with Gasteiger partial charge in [-0.05, 0) is 39.0 Å². The van der Waals surface area contributed by atoms with E-state index in [9.17, 15) is 4.79 Å². The average Bonchev–Trinajstić information content (AvgIpc) is 3.14. The average molecular weight is 294 g/mol. The van der Waals surface area contributed by atoms with Crippen LogP contribution in [0.4, 0.5) is 4.79 Å². The van der Waals surface area contributed by atoms with Crippen molar-refractivity contribution in [2.24, 2.45) is 5.41 Å². The minimum Gasteiger partial charge on any atom is -0.378 e. The summed E-state index contributed by atoms with van der Waals surface area (Å²) in [7, 11) is 1.98. The molecule has 21 heavy (non-hydrogen) atoms. The van der Waals surface area contributed by atoms with Crippen LogP contribution in [0.3, 0.4) is 0 Å². The third-order valence-electron chi connectivity index (χ3n) is 6.12. The lowest BCUT2D eigenvalue weighted by atomic mass is 9.60. The highest BCUT2D eigenvalue weighted by Gasteiger charge is 2.58. The standard InChI is InChI=1S/C17H30N2O2/c1-3-21-15-12-14(17(15)10-6-7-11-17)19(2)16(20)18-13-8-4-5-9-13/h13-15H,3-12H2,1-2H3,(H,18,20)/t14-,15-/m1/s1. The number of carbonyl (C=O) groups excluding carboxylic acids is 1. The van der Waals surface area contributed by atoms with Crippen molar-refractivity contribution >= 4 is 6.03 Å². The summed E-state index contributed by atoms with van der Waals surface area (Å²) in [6, 6.07) is 0.910. The first-order chi connectivity index (χ1) is 10.2. The van der Waals surface area contributed by atoms with Gasteiger partial charge in [-0.15, -0.1) is 0 Å². The van der Waals surface area contributed by atoms with Crippen LogP contribution < -0.4 is 5.32 Å². The van der Waals surface area contributed by atoms with Crippen LogP contribution in [0.15, 0.2) is 0 Å². The highest BCUT2D eigenvalue weighted by atomic mass is 16.5. The molecule has 1 spiro atoms. The molecule has 1 N–H and O–H groups in total. The minimum atomic E-state index is 0.133. The van der Waals surface area contributed by atoms with Crippen LogP contribution in [-0.2, 0) is 4.74 Å². The maximum absolute atomic E-state index is 12.5. The van der Waals surface area contributed by atoms with Crippen LogP contribution in [0.5, 0.6) is 0 Å². The Kier molecular flexibility index (Phi) is 4.43. The van der Waals surface area contributed by atoms with E-state index in [1.165, 1.54) is 38.5 Å². The van der Waals surface area contributed by atoms with Crippen molar-refractivity contribution < 1.29 is 9.53 Å². The second kappa shape index (κ2) is 6.15. The molecule has 2 atom stereocenters. The Morgan fingerprint density at radius 3 is 2.52 bits per heavy atom. The third kappa shape index (κ3) is 2.67. The topological polar surface area (TPSA) is 41.6 Å². The van der Waals surface area contributed by atoms with Crippen molar-refractivity contribution in [3.05, 3.63) is 0 Å². The summed E-state index contributed by atoms with van der Waals surface area (Å²) in [6.07, 6.45) is 11.2. The Bertz CT molecular complexity index is 373. The lowest BCUT2D eigenvalue weighted by Gasteiger charge is -2.56. The molecule has 0 unspecified atom stereocenters. The smallest absolute Gasteiger partial charge is 0.317 e. The molecule has 3 aliphatic rings. The summed E-state index contributed by atoms with van der Waals surface area (Å²) in [5.41, 5.74) is 0.248. The van der Waals surface area contributed by atoms with Gasteiger partial charge in [-0.3, -0.25) is 0 Å². The molecule has 0 aromatic carbocycles. The normalized spacial score (nSPS) is 31.3. The van der Waals surface area contributed by atoms with Gasteiger partial charge in [0.05, 0.1) is 6.10 Å². The predicted molar refractivity (Wildman–Crippen MR) is 83.3 cm³/mol. The van der Waals surface area contributed by atoms with E-state index in [4.69, 9.17) is 4.74 Å². The molecule has 4 nitrogen and oxygen atoms in total. The largest absolute Gasteiger partial charge is 0.378 e. The Labute approximate surface area is 128 Å². The van der Waals surface area contributed by atoms with Crippen molar-refractivity contribution in [3.63, 3.8) is 0 Å². The van der Waals surface area contributed by atoms with Crippen LogP contribution in [0.25, 0.3) is 0 Å². The van der Waals surface area contributed by atoms with E-state index < -0.39 is 0 Å². The summed E-state index contributed by atoms with van der Waals surface area (Å²) in [6.45, 7) is 2.86. The number of nitrogens with one attached hydrogen (secondary N) is 1. The van der Waals surface area contributed by atoms with Crippen LogP contribution in [0.2, 0.25) is 0 Å². The fourth-order valence-corrected chi connectivity index (χ4v) is 4.88. The lowest BCUT2D eigenvalue weighted by Crippen LogP contribution is -2.65. The predicted octanol–water partition coefficient (Wildman–Crippen LogP) is 3.31. The Hall–Kier alpha value is -0.770. The van der Waals surface area contributed by atoms with Gasteiger partial charge in [0.2, 0.25) is 0 Å². The molecule has 0 heterocycles. The summed E-state index contributed by atoms with van der Waals surface area (Å²) in [5, 5.41) is 3.23. The van der Waals surface area contributed by atoms with Gasteiger partial charge in [-0.1, -0.05) is 25.7 Å². The van der Waals surface area contributed by atoms with Gasteiger partial charge in [0.15, 0.2) is 0 Å². The zero-order valence-electron chi connectivity index (χ0n) is 13.6. The fourth-order valence-electron chi connectivity index (χ4n) is 4.88. The van der Waals surface area contributed by atoms with Gasteiger partial charge < -0.3 is 15.0 Å². The summed E-state index contributed by atoms with van der Waals surface area (Å²) in [4.78, 5) is 14.5. The number of rotatable bonds is 4. The molecule has 0 bridgehead atoms. The Morgan fingerprint density at radius 2 is 1.90 bits per heavy atom. The summed E-state index contributed by atoms with van der Waals surface area (Å²) in [5.74, 6) is 0. The van der Waals surface area contributed by atoms with Crippen LogP contribution in [0.1, 0.15) is 64.7 Å². The number of hydrogen-bond acceptors (Lipinski definition) is 2. The molecule has 0 radical (unpaired) electrons. The fraction of sp³-hybridized carbons (Fsp3) is 0.941. The van der Waals surface area contributed by atoms with Crippen molar-refractivity contribution in [2.75, 3.05) is 13.7 Å². The molecule has 3 fully saturated rings. The molecule has 0 saturated heterocycles. The van der Waals surface area contributed by atoms with E-state index in [1.807, 2.05) is 11.9 Å². The SMILES string of the molecule is CCO[C@@H]1C[C@@H](N(C)C(=O)NC2CCCC2)C12CCCC2. The number of amides is 2. The summed E-state index contributed by atoms with van der Waals surface area (Å²) >= 11 is 0. The molecule has 0 aromatic heterocycles.